The molecular weight excluding hydrogens is 212 g/mol. The van der Waals surface area contributed by atoms with Crippen molar-refractivity contribution in [2.45, 2.75) is 31.7 Å². The van der Waals surface area contributed by atoms with E-state index in [2.05, 4.69) is 21.8 Å². The Morgan fingerprint density at radius 3 is 2.65 bits per heavy atom. The summed E-state index contributed by atoms with van der Waals surface area (Å²) in [7, 11) is 0. The van der Waals surface area contributed by atoms with E-state index in [0.29, 0.717) is 18.4 Å². The summed E-state index contributed by atoms with van der Waals surface area (Å²) in [4.78, 5) is 7.03. The minimum atomic E-state index is 0.550. The molecule has 1 aliphatic carbocycles. The smallest absolute Gasteiger partial charge is 0.188 e. The fourth-order valence-corrected chi connectivity index (χ4v) is 2.40. The van der Waals surface area contributed by atoms with E-state index in [0.717, 1.165) is 12.6 Å². The van der Waals surface area contributed by atoms with E-state index in [1.165, 1.54) is 38.8 Å². The molecule has 0 amide bonds. The average Bonchev–Trinajstić information content (AvgIpc) is 3.19. The Kier molecular flexibility index (Phi) is 4.42. The first kappa shape index (κ1) is 12.4. The Labute approximate surface area is 104 Å². The molecule has 0 spiro atoms. The monoisotopic (exact) mass is 236 g/mol. The number of aliphatic imine (C=N–C) groups is 1. The molecule has 1 heterocycles. The maximum absolute atomic E-state index is 5.74. The minimum absolute atomic E-state index is 0.550. The maximum atomic E-state index is 5.74. The van der Waals surface area contributed by atoms with Gasteiger partial charge in [-0.25, -0.2) is 0 Å². The van der Waals surface area contributed by atoms with Crippen molar-refractivity contribution >= 4 is 5.96 Å². The summed E-state index contributed by atoms with van der Waals surface area (Å²) in [5.74, 6) is 1.27. The van der Waals surface area contributed by atoms with Gasteiger partial charge in [0.1, 0.15) is 0 Å². The number of nitrogens with two attached hydrogens (primary N) is 1. The second-order valence-electron chi connectivity index (χ2n) is 5.11. The molecular formula is C13H24N4. The lowest BCUT2D eigenvalue weighted by Crippen LogP contribution is -2.37. The van der Waals surface area contributed by atoms with Crippen LogP contribution in [0.2, 0.25) is 0 Å². The Bertz CT molecular complexity index is 275. The fourth-order valence-electron chi connectivity index (χ4n) is 2.40. The van der Waals surface area contributed by atoms with E-state index in [4.69, 9.17) is 5.73 Å². The second-order valence-corrected chi connectivity index (χ2v) is 5.11. The highest BCUT2D eigenvalue weighted by atomic mass is 15.2. The first-order chi connectivity index (χ1) is 8.29. The van der Waals surface area contributed by atoms with Crippen LogP contribution in [0.3, 0.4) is 0 Å². The third-order valence-electron chi connectivity index (χ3n) is 3.66. The molecule has 1 saturated heterocycles. The normalized spacial score (nSPS) is 23.6. The van der Waals surface area contributed by atoms with Crippen molar-refractivity contribution in [3.63, 3.8) is 0 Å². The van der Waals surface area contributed by atoms with Crippen LogP contribution < -0.4 is 11.1 Å². The maximum Gasteiger partial charge on any atom is 0.188 e. The SMILES string of the molecule is C=CCNC(N)=NCC1CCN(C2CC2)CC1. The van der Waals surface area contributed by atoms with Gasteiger partial charge >= 0.3 is 0 Å². The Morgan fingerprint density at radius 2 is 2.06 bits per heavy atom. The number of rotatable bonds is 5. The molecule has 0 bridgehead atoms. The van der Waals surface area contributed by atoms with Crippen molar-refractivity contribution in [2.24, 2.45) is 16.6 Å². The van der Waals surface area contributed by atoms with Gasteiger partial charge in [0, 0.05) is 19.1 Å². The van der Waals surface area contributed by atoms with Crippen LogP contribution in [-0.2, 0) is 0 Å². The molecule has 2 rings (SSSR count). The van der Waals surface area contributed by atoms with Gasteiger partial charge in [0.15, 0.2) is 5.96 Å². The van der Waals surface area contributed by atoms with Crippen LogP contribution in [-0.4, -0.2) is 43.1 Å². The van der Waals surface area contributed by atoms with Gasteiger partial charge in [-0.15, -0.1) is 6.58 Å². The molecule has 0 aromatic carbocycles. The van der Waals surface area contributed by atoms with Crippen molar-refractivity contribution < 1.29 is 0 Å². The van der Waals surface area contributed by atoms with Crippen LogP contribution in [0.1, 0.15) is 25.7 Å². The standard InChI is InChI=1S/C13H24N4/c1-2-7-15-13(14)16-10-11-5-8-17(9-6-11)12-3-4-12/h2,11-12H,1,3-10H2,(H3,14,15,16). The summed E-state index contributed by atoms with van der Waals surface area (Å²) in [5.41, 5.74) is 5.74. The van der Waals surface area contributed by atoms with Crippen LogP contribution in [0.5, 0.6) is 0 Å². The number of guanidine groups is 1. The summed E-state index contributed by atoms with van der Waals surface area (Å²) in [6.07, 6.45) is 7.17. The summed E-state index contributed by atoms with van der Waals surface area (Å²) >= 11 is 0. The topological polar surface area (TPSA) is 53.6 Å². The summed E-state index contributed by atoms with van der Waals surface area (Å²) < 4.78 is 0. The summed E-state index contributed by atoms with van der Waals surface area (Å²) in [5, 5.41) is 3.01. The van der Waals surface area contributed by atoms with Crippen molar-refractivity contribution in [1.82, 2.24) is 10.2 Å². The van der Waals surface area contributed by atoms with Crippen LogP contribution in [0.25, 0.3) is 0 Å². The van der Waals surface area contributed by atoms with E-state index < -0.39 is 0 Å². The highest BCUT2D eigenvalue weighted by Crippen LogP contribution is 2.30. The predicted octanol–water partition coefficient (Wildman–Crippen LogP) is 0.951. The molecule has 96 valence electrons. The number of hydrogen-bond donors (Lipinski definition) is 2. The third-order valence-corrected chi connectivity index (χ3v) is 3.66. The van der Waals surface area contributed by atoms with Gasteiger partial charge in [-0.3, -0.25) is 4.99 Å². The molecule has 3 N–H and O–H groups in total. The summed E-state index contributed by atoms with van der Waals surface area (Å²) in [6, 6.07) is 0.916. The van der Waals surface area contributed by atoms with E-state index >= 15 is 0 Å². The van der Waals surface area contributed by atoms with Crippen molar-refractivity contribution in [3.8, 4) is 0 Å². The Hall–Kier alpha value is -1.03. The zero-order valence-electron chi connectivity index (χ0n) is 10.6. The molecule has 1 aliphatic heterocycles. The quantitative estimate of drug-likeness (QED) is 0.424. The molecule has 0 unspecified atom stereocenters. The van der Waals surface area contributed by atoms with Crippen molar-refractivity contribution in [2.75, 3.05) is 26.2 Å². The largest absolute Gasteiger partial charge is 0.370 e. The van der Waals surface area contributed by atoms with Gasteiger partial charge in [-0.2, -0.15) is 0 Å². The van der Waals surface area contributed by atoms with Gasteiger partial charge in [0.2, 0.25) is 0 Å². The highest BCUT2D eigenvalue weighted by molar-refractivity contribution is 5.77. The molecule has 0 aromatic rings. The van der Waals surface area contributed by atoms with Gasteiger partial charge in [-0.05, 0) is 44.7 Å². The van der Waals surface area contributed by atoms with Crippen LogP contribution >= 0.6 is 0 Å². The zero-order valence-corrected chi connectivity index (χ0v) is 10.6. The van der Waals surface area contributed by atoms with E-state index in [9.17, 15) is 0 Å². The van der Waals surface area contributed by atoms with E-state index in [-0.39, 0.29) is 0 Å². The molecule has 4 nitrogen and oxygen atoms in total. The molecule has 2 fully saturated rings. The fraction of sp³-hybridized carbons (Fsp3) is 0.769. The molecule has 0 atom stereocenters. The van der Waals surface area contributed by atoms with Gasteiger partial charge < -0.3 is 16.0 Å². The average molecular weight is 236 g/mol. The number of piperidine rings is 1. The number of hydrogen-bond acceptors (Lipinski definition) is 2. The van der Waals surface area contributed by atoms with Gasteiger partial charge in [-0.1, -0.05) is 6.08 Å². The van der Waals surface area contributed by atoms with Gasteiger partial charge in [0.05, 0.1) is 0 Å². The lowest BCUT2D eigenvalue weighted by Gasteiger charge is -2.31. The van der Waals surface area contributed by atoms with Crippen molar-refractivity contribution in [3.05, 3.63) is 12.7 Å². The summed E-state index contributed by atoms with van der Waals surface area (Å²) in [6.45, 7) is 7.70. The lowest BCUT2D eigenvalue weighted by atomic mass is 9.97. The highest BCUT2D eigenvalue weighted by Gasteiger charge is 2.31. The van der Waals surface area contributed by atoms with E-state index in [1.54, 1.807) is 6.08 Å². The predicted molar refractivity (Wildman–Crippen MR) is 72.0 cm³/mol. The first-order valence-electron chi connectivity index (χ1n) is 6.68. The molecule has 17 heavy (non-hydrogen) atoms. The molecule has 4 heteroatoms. The second kappa shape index (κ2) is 6.05. The Balaban J connectivity index is 1.64. The molecule has 0 aromatic heterocycles. The van der Waals surface area contributed by atoms with Crippen LogP contribution in [0.15, 0.2) is 17.6 Å². The number of nitrogens with one attached hydrogen (secondary N) is 1. The van der Waals surface area contributed by atoms with E-state index in [1.807, 2.05) is 0 Å². The van der Waals surface area contributed by atoms with Crippen molar-refractivity contribution in [1.29, 1.82) is 0 Å². The lowest BCUT2D eigenvalue weighted by molar-refractivity contribution is 0.179. The number of nitrogens with zero attached hydrogens (tertiary/aromatic N) is 2. The zero-order chi connectivity index (χ0) is 12.1. The van der Waals surface area contributed by atoms with Crippen LogP contribution in [0.4, 0.5) is 0 Å². The first-order valence-corrected chi connectivity index (χ1v) is 6.68. The molecule has 1 saturated carbocycles. The molecule has 2 aliphatic rings. The van der Waals surface area contributed by atoms with Crippen LogP contribution in [0, 0.1) is 5.92 Å². The number of likely N-dealkylation sites (tertiary alicyclic amines) is 1. The molecule has 0 radical (unpaired) electrons. The third kappa shape index (κ3) is 4.04. The van der Waals surface area contributed by atoms with Gasteiger partial charge in [0.25, 0.3) is 0 Å². The Morgan fingerprint density at radius 1 is 1.35 bits per heavy atom. The minimum Gasteiger partial charge on any atom is -0.370 e.